The van der Waals surface area contributed by atoms with Crippen molar-refractivity contribution >= 4 is 15.2 Å². The molecule has 0 spiro atoms. The zero-order valence-electron chi connectivity index (χ0n) is 11.5. The summed E-state index contributed by atoms with van der Waals surface area (Å²) in [5, 5.41) is 7.64. The fraction of sp³-hybridized carbons (Fsp3) is 0.462. The molecule has 2 aliphatic heterocycles. The average Bonchev–Trinajstić information content (AvgIpc) is 2.98. The fourth-order valence-electron chi connectivity index (χ4n) is 2.81. The van der Waals surface area contributed by atoms with Gasteiger partial charge >= 0.3 is 0 Å². The van der Waals surface area contributed by atoms with Crippen molar-refractivity contribution in [3.8, 4) is 0 Å². The molecule has 9 heteroatoms. The fourth-order valence-corrected chi connectivity index (χ4v) is 3.36. The van der Waals surface area contributed by atoms with E-state index in [0.717, 1.165) is 4.90 Å². The molecule has 5 nitrogen and oxygen atoms in total. The molecule has 2 heterocycles. The Kier molecular flexibility index (Phi) is 3.47. The molecule has 3 rings (SSSR count). The van der Waals surface area contributed by atoms with Gasteiger partial charge in [-0.25, -0.2) is 13.2 Å². The number of halogens is 3. The van der Waals surface area contributed by atoms with Crippen molar-refractivity contribution in [1.82, 2.24) is 4.90 Å². The van der Waals surface area contributed by atoms with E-state index in [-0.39, 0.29) is 22.0 Å². The highest BCUT2D eigenvalue weighted by atomic mass is 32.2. The van der Waals surface area contributed by atoms with E-state index in [1.54, 1.807) is 0 Å². The first-order valence-corrected chi connectivity index (χ1v) is 7.67. The van der Waals surface area contributed by atoms with Crippen LogP contribution < -0.4 is 0 Å². The van der Waals surface area contributed by atoms with E-state index in [9.17, 15) is 21.6 Å². The molecule has 0 bridgehead atoms. The second-order valence-electron chi connectivity index (χ2n) is 5.34. The van der Waals surface area contributed by atoms with Crippen LogP contribution in [0.5, 0.6) is 0 Å². The van der Waals surface area contributed by atoms with E-state index < -0.39 is 41.4 Å². The highest BCUT2D eigenvalue weighted by Crippen LogP contribution is 2.41. The van der Waals surface area contributed by atoms with Crippen molar-refractivity contribution in [2.24, 2.45) is 10.2 Å². The van der Waals surface area contributed by atoms with Crippen LogP contribution in [0.4, 0.5) is 13.2 Å². The molecule has 22 heavy (non-hydrogen) atoms. The van der Waals surface area contributed by atoms with Gasteiger partial charge in [0.2, 0.25) is 10.3 Å². The molecule has 0 amide bonds. The Morgan fingerprint density at radius 3 is 2.77 bits per heavy atom. The van der Waals surface area contributed by atoms with Gasteiger partial charge in [-0.2, -0.15) is 8.42 Å². The zero-order chi connectivity index (χ0) is 16.1. The maximum Gasteiger partial charge on any atom is 0.267 e. The molecule has 0 aromatic heterocycles. The first-order valence-electron chi connectivity index (χ1n) is 6.60. The highest BCUT2D eigenvalue weighted by molar-refractivity contribution is 7.73. The summed E-state index contributed by atoms with van der Waals surface area (Å²) in [7, 11) is -2.57. The lowest BCUT2D eigenvalue weighted by molar-refractivity contribution is 0.0137. The molecule has 1 unspecified atom stereocenters. The lowest BCUT2D eigenvalue weighted by atomic mass is 10.0. The highest BCUT2D eigenvalue weighted by Gasteiger charge is 2.49. The quantitative estimate of drug-likeness (QED) is 0.729. The molecule has 1 saturated heterocycles. The Morgan fingerprint density at radius 2 is 2.14 bits per heavy atom. The SMILES string of the molecule is CC(F)[C@H]1CC(F)(F)CN1C1=C2C(=CC=CC2=S(=O)=O)N=N1. The maximum absolute atomic E-state index is 13.7. The van der Waals surface area contributed by atoms with Gasteiger partial charge in [0.1, 0.15) is 11.0 Å². The van der Waals surface area contributed by atoms with Crippen molar-refractivity contribution in [3.63, 3.8) is 0 Å². The first-order chi connectivity index (χ1) is 10.3. The van der Waals surface area contributed by atoms with Crippen LogP contribution in [0.25, 0.3) is 0 Å². The van der Waals surface area contributed by atoms with Crippen LogP contribution >= 0.6 is 0 Å². The lowest BCUT2D eigenvalue weighted by Gasteiger charge is -2.26. The predicted octanol–water partition coefficient (Wildman–Crippen LogP) is 2.24. The monoisotopic (exact) mass is 331 g/mol. The number of hydrogen-bond acceptors (Lipinski definition) is 5. The van der Waals surface area contributed by atoms with Gasteiger partial charge in [0.15, 0.2) is 5.82 Å². The first kappa shape index (κ1) is 15.0. The molecule has 0 aromatic rings. The Morgan fingerprint density at radius 1 is 1.41 bits per heavy atom. The Balaban J connectivity index is 2.13. The van der Waals surface area contributed by atoms with Gasteiger partial charge in [-0.05, 0) is 19.1 Å². The van der Waals surface area contributed by atoms with Crippen molar-refractivity contribution < 1.29 is 21.6 Å². The van der Waals surface area contributed by atoms with Crippen molar-refractivity contribution in [1.29, 1.82) is 0 Å². The Hall–Kier alpha value is -1.90. The number of likely N-dealkylation sites (tertiary alicyclic amines) is 1. The van der Waals surface area contributed by atoms with Crippen LogP contribution in [0.2, 0.25) is 0 Å². The minimum atomic E-state index is -3.05. The minimum Gasteiger partial charge on any atom is -0.342 e. The van der Waals surface area contributed by atoms with Crippen molar-refractivity contribution in [3.05, 3.63) is 35.3 Å². The van der Waals surface area contributed by atoms with Gasteiger partial charge in [0.05, 0.1) is 23.9 Å². The number of allylic oxidation sites excluding steroid dienone is 4. The van der Waals surface area contributed by atoms with E-state index >= 15 is 0 Å². The summed E-state index contributed by atoms with van der Waals surface area (Å²) < 4.78 is 63.7. The summed E-state index contributed by atoms with van der Waals surface area (Å²) in [5.41, 5.74) is 0.427. The Labute approximate surface area is 126 Å². The summed E-state index contributed by atoms with van der Waals surface area (Å²) >= 11 is 0. The van der Waals surface area contributed by atoms with Crippen molar-refractivity contribution in [2.75, 3.05) is 6.54 Å². The number of hydrogen-bond donors (Lipinski definition) is 0. The second kappa shape index (κ2) is 5.08. The Bertz CT molecular complexity index is 770. The smallest absolute Gasteiger partial charge is 0.267 e. The summed E-state index contributed by atoms with van der Waals surface area (Å²) in [6.45, 7) is 0.490. The third-order valence-electron chi connectivity index (χ3n) is 3.77. The molecule has 2 atom stereocenters. The van der Waals surface area contributed by atoms with E-state index in [2.05, 4.69) is 10.2 Å². The molecular weight excluding hydrogens is 319 g/mol. The number of azo groups is 1. The lowest BCUT2D eigenvalue weighted by Crippen LogP contribution is -2.35. The molecule has 1 fully saturated rings. The third-order valence-corrected chi connectivity index (χ3v) is 4.47. The minimum absolute atomic E-state index is 0.0125. The van der Waals surface area contributed by atoms with E-state index in [4.69, 9.17) is 0 Å². The number of rotatable bonds is 2. The third kappa shape index (κ3) is 2.39. The molecule has 3 aliphatic rings. The van der Waals surface area contributed by atoms with Crippen LogP contribution in [-0.2, 0) is 10.3 Å². The van der Waals surface area contributed by atoms with Gasteiger partial charge in [0, 0.05) is 6.42 Å². The molecule has 0 aromatic carbocycles. The summed E-state index contributed by atoms with van der Waals surface area (Å²) in [6.07, 6.45) is 2.21. The standard InChI is InChI=1S/C13H12F3N3O2S/c1-7(14)9-5-13(15,16)6-19(9)12-11-8(17-18-12)3-2-4-10(11)22(20)21/h2-4,7,9H,5-6H2,1H3/t7?,9-/m1/s1. The number of alkyl halides is 3. The molecule has 118 valence electrons. The molecule has 0 radical (unpaired) electrons. The second-order valence-corrected chi connectivity index (χ2v) is 6.25. The molecular formula is C13H12F3N3O2S. The van der Waals surface area contributed by atoms with Gasteiger partial charge in [-0.1, -0.05) is 6.08 Å². The van der Waals surface area contributed by atoms with E-state index in [1.165, 1.54) is 25.2 Å². The van der Waals surface area contributed by atoms with Gasteiger partial charge in [-0.3, -0.25) is 0 Å². The summed E-state index contributed by atoms with van der Waals surface area (Å²) in [6, 6.07) is -1.07. The van der Waals surface area contributed by atoms with Crippen LogP contribution in [0.1, 0.15) is 13.3 Å². The van der Waals surface area contributed by atoms with E-state index in [0.29, 0.717) is 0 Å². The van der Waals surface area contributed by atoms with Gasteiger partial charge in [0.25, 0.3) is 5.92 Å². The molecule has 0 saturated carbocycles. The average molecular weight is 331 g/mol. The van der Waals surface area contributed by atoms with Crippen molar-refractivity contribution in [2.45, 2.75) is 31.5 Å². The molecule has 1 aliphatic carbocycles. The van der Waals surface area contributed by atoms with Crippen LogP contribution in [-0.4, -0.2) is 42.9 Å². The van der Waals surface area contributed by atoms with Crippen LogP contribution in [0.15, 0.2) is 45.5 Å². The topological polar surface area (TPSA) is 62.1 Å². The van der Waals surface area contributed by atoms with E-state index in [1.807, 2.05) is 0 Å². The number of fused-ring (bicyclic) bond motifs is 1. The van der Waals surface area contributed by atoms with Crippen LogP contribution in [0, 0.1) is 0 Å². The van der Waals surface area contributed by atoms with Gasteiger partial charge in [-0.15, -0.1) is 10.2 Å². The largest absolute Gasteiger partial charge is 0.342 e. The maximum atomic E-state index is 13.7. The van der Waals surface area contributed by atoms with Crippen LogP contribution in [0.3, 0.4) is 0 Å². The van der Waals surface area contributed by atoms with Gasteiger partial charge < -0.3 is 4.90 Å². The summed E-state index contributed by atoms with van der Waals surface area (Å²) in [5.74, 6) is -3.07. The number of nitrogens with zero attached hydrogens (tertiary/aromatic N) is 3. The molecule has 0 N–H and O–H groups in total. The zero-order valence-corrected chi connectivity index (χ0v) is 12.3. The summed E-state index contributed by atoms with van der Waals surface area (Å²) in [4.78, 5) is 1.04. The predicted molar refractivity (Wildman–Crippen MR) is 73.7 cm³/mol. The normalized spacial score (nSPS) is 27.3.